The van der Waals surface area contributed by atoms with Crippen molar-refractivity contribution >= 4 is 28.2 Å². The summed E-state index contributed by atoms with van der Waals surface area (Å²) in [5, 5.41) is 0.836. The number of hydrogen-bond acceptors (Lipinski definition) is 2. The molecule has 1 fully saturated rings. The highest BCUT2D eigenvalue weighted by Crippen LogP contribution is 2.37. The Labute approximate surface area is 79.1 Å². The van der Waals surface area contributed by atoms with Gasteiger partial charge >= 0.3 is 0 Å². The van der Waals surface area contributed by atoms with Crippen LogP contribution in [0.2, 0.25) is 0 Å². The fraction of sp³-hybridized carbons (Fsp3) is 0.889. The minimum atomic E-state index is 0.832. The smallest absolute Gasteiger partial charge is 0.0484 e. The van der Waals surface area contributed by atoms with Crippen LogP contribution in [0.4, 0.5) is 0 Å². The first-order valence-corrected chi connectivity index (χ1v) is 5.72. The molecular formula is C9H16S2. The van der Waals surface area contributed by atoms with Crippen molar-refractivity contribution in [1.82, 2.24) is 0 Å². The lowest BCUT2D eigenvalue weighted by Crippen LogP contribution is -2.06. The predicted octanol–water partition coefficient (Wildman–Crippen LogP) is 3.65. The molecule has 1 heterocycles. The van der Waals surface area contributed by atoms with Crippen LogP contribution in [0.25, 0.3) is 0 Å². The quantitative estimate of drug-likeness (QED) is 0.620. The van der Waals surface area contributed by atoms with Crippen molar-refractivity contribution in [3.63, 3.8) is 0 Å². The first kappa shape index (κ1) is 9.53. The van der Waals surface area contributed by atoms with Gasteiger partial charge in [-0.2, -0.15) is 0 Å². The van der Waals surface area contributed by atoms with Crippen LogP contribution in [0.15, 0.2) is 0 Å². The van der Waals surface area contributed by atoms with Gasteiger partial charge in [-0.25, -0.2) is 0 Å². The fourth-order valence-corrected chi connectivity index (χ4v) is 3.42. The van der Waals surface area contributed by atoms with Crippen LogP contribution in [-0.4, -0.2) is 9.45 Å². The number of rotatable bonds is 3. The molecule has 0 aromatic rings. The molecule has 64 valence electrons. The summed E-state index contributed by atoms with van der Waals surface area (Å²) >= 11 is 7.13. The van der Waals surface area contributed by atoms with E-state index in [-0.39, 0.29) is 0 Å². The van der Waals surface area contributed by atoms with Crippen molar-refractivity contribution in [2.75, 3.05) is 0 Å². The zero-order chi connectivity index (χ0) is 8.27. The Morgan fingerprint density at radius 1 is 1.64 bits per heavy atom. The van der Waals surface area contributed by atoms with Gasteiger partial charge in [0.25, 0.3) is 0 Å². The molecule has 0 saturated carbocycles. The maximum absolute atomic E-state index is 5.19. The highest BCUT2D eigenvalue weighted by molar-refractivity contribution is 8.23. The van der Waals surface area contributed by atoms with Crippen LogP contribution in [0.3, 0.4) is 0 Å². The van der Waals surface area contributed by atoms with E-state index in [0.717, 1.165) is 11.2 Å². The van der Waals surface area contributed by atoms with Crippen LogP contribution in [0.1, 0.15) is 39.5 Å². The van der Waals surface area contributed by atoms with E-state index in [1.54, 1.807) is 0 Å². The van der Waals surface area contributed by atoms with E-state index in [0.29, 0.717) is 0 Å². The van der Waals surface area contributed by atoms with Gasteiger partial charge in [-0.3, -0.25) is 0 Å². The summed E-state index contributed by atoms with van der Waals surface area (Å²) in [5.74, 6) is 0.832. The summed E-state index contributed by atoms with van der Waals surface area (Å²) in [5.41, 5.74) is 0. The topological polar surface area (TPSA) is 0 Å². The first-order chi connectivity index (χ1) is 5.24. The molecule has 1 rings (SSSR count). The Hall–Kier alpha value is 0.440. The summed E-state index contributed by atoms with van der Waals surface area (Å²) in [7, 11) is 0. The number of thioether (sulfide) groups is 1. The first-order valence-electron chi connectivity index (χ1n) is 4.43. The van der Waals surface area contributed by atoms with Gasteiger partial charge in [0.2, 0.25) is 0 Å². The van der Waals surface area contributed by atoms with E-state index >= 15 is 0 Å². The second-order valence-corrected chi connectivity index (χ2v) is 5.44. The molecular weight excluding hydrogens is 172 g/mol. The Balaban J connectivity index is 2.28. The van der Waals surface area contributed by atoms with Gasteiger partial charge in [-0.05, 0) is 18.8 Å². The van der Waals surface area contributed by atoms with Crippen LogP contribution in [0.5, 0.6) is 0 Å². The molecule has 0 radical (unpaired) electrons. The van der Waals surface area contributed by atoms with E-state index in [1.165, 1.54) is 29.9 Å². The monoisotopic (exact) mass is 188 g/mol. The van der Waals surface area contributed by atoms with E-state index in [9.17, 15) is 0 Å². The molecule has 0 aromatic carbocycles. The summed E-state index contributed by atoms with van der Waals surface area (Å²) in [4.78, 5) is 0. The lowest BCUT2D eigenvalue weighted by Gasteiger charge is -2.11. The maximum Gasteiger partial charge on any atom is 0.0484 e. The van der Waals surface area contributed by atoms with Crippen LogP contribution < -0.4 is 0 Å². The molecule has 0 unspecified atom stereocenters. The number of hydrogen-bond donors (Lipinski definition) is 0. The number of thiocarbonyl (C=S) groups is 1. The van der Waals surface area contributed by atoms with Gasteiger partial charge in [0.1, 0.15) is 0 Å². The molecule has 0 aromatic heterocycles. The Bertz CT molecular complexity index is 142. The molecule has 0 aliphatic carbocycles. The second kappa shape index (κ2) is 4.46. The molecule has 2 heteroatoms. The highest BCUT2D eigenvalue weighted by Gasteiger charge is 2.26. The minimum Gasteiger partial charge on any atom is -0.115 e. The summed E-state index contributed by atoms with van der Waals surface area (Å²) in [6.45, 7) is 4.58. The van der Waals surface area contributed by atoms with Gasteiger partial charge in [0.05, 0.1) is 0 Å². The maximum atomic E-state index is 5.19. The van der Waals surface area contributed by atoms with Crippen molar-refractivity contribution in [3.05, 3.63) is 0 Å². The Morgan fingerprint density at radius 3 is 2.82 bits per heavy atom. The molecule has 2 atom stereocenters. The Morgan fingerprint density at radius 2 is 2.36 bits per heavy atom. The minimum absolute atomic E-state index is 0.832. The molecule has 0 bridgehead atoms. The van der Waals surface area contributed by atoms with Crippen molar-refractivity contribution in [1.29, 1.82) is 0 Å². The van der Waals surface area contributed by atoms with Crippen LogP contribution in [-0.2, 0) is 0 Å². The van der Waals surface area contributed by atoms with E-state index in [4.69, 9.17) is 12.2 Å². The highest BCUT2D eigenvalue weighted by atomic mass is 32.2. The van der Waals surface area contributed by atoms with E-state index < -0.39 is 0 Å². The average molecular weight is 188 g/mol. The van der Waals surface area contributed by atoms with Crippen molar-refractivity contribution in [3.8, 4) is 0 Å². The molecule has 1 aliphatic heterocycles. The Kier molecular flexibility index (Phi) is 3.86. The number of unbranched alkanes of at least 4 members (excludes halogenated alkanes) is 1. The normalized spacial score (nSPS) is 31.3. The van der Waals surface area contributed by atoms with Crippen LogP contribution >= 0.6 is 24.0 Å². The molecule has 11 heavy (non-hydrogen) atoms. The fourth-order valence-electron chi connectivity index (χ4n) is 1.48. The van der Waals surface area contributed by atoms with Crippen molar-refractivity contribution in [2.24, 2.45) is 5.92 Å². The third kappa shape index (κ3) is 2.75. The summed E-state index contributed by atoms with van der Waals surface area (Å²) in [6, 6.07) is 0. The van der Waals surface area contributed by atoms with Gasteiger partial charge in [-0.15, -0.1) is 11.8 Å². The molecule has 0 nitrogen and oxygen atoms in total. The summed E-state index contributed by atoms with van der Waals surface area (Å²) in [6.07, 6.45) is 5.22. The van der Waals surface area contributed by atoms with Gasteiger partial charge in [-0.1, -0.05) is 38.9 Å². The molecule has 0 spiro atoms. The van der Waals surface area contributed by atoms with Gasteiger partial charge in [0, 0.05) is 9.45 Å². The van der Waals surface area contributed by atoms with Crippen molar-refractivity contribution in [2.45, 2.75) is 44.8 Å². The largest absolute Gasteiger partial charge is 0.115 e. The van der Waals surface area contributed by atoms with E-state index in [2.05, 4.69) is 13.8 Å². The van der Waals surface area contributed by atoms with Gasteiger partial charge < -0.3 is 0 Å². The average Bonchev–Trinajstić information content (AvgIpc) is 2.26. The molecule has 1 saturated heterocycles. The SMILES string of the molecule is CCCC[C@H]1SC(=S)C[C@@H]1C. The molecule has 0 N–H and O–H groups in total. The summed E-state index contributed by atoms with van der Waals surface area (Å²) < 4.78 is 1.23. The van der Waals surface area contributed by atoms with Crippen LogP contribution in [0, 0.1) is 5.92 Å². The molecule has 0 amide bonds. The van der Waals surface area contributed by atoms with Crippen molar-refractivity contribution < 1.29 is 0 Å². The zero-order valence-electron chi connectivity index (χ0n) is 7.30. The third-order valence-corrected chi connectivity index (χ3v) is 4.14. The lowest BCUT2D eigenvalue weighted by atomic mass is 10.0. The zero-order valence-corrected chi connectivity index (χ0v) is 8.93. The second-order valence-electron chi connectivity index (χ2n) is 3.35. The standard InChI is InChI=1S/C9H16S2/c1-3-4-5-8-7(2)6-9(10)11-8/h7-8H,3-6H2,1-2H3/t7-,8+/m0/s1. The van der Waals surface area contributed by atoms with Gasteiger partial charge in [0.15, 0.2) is 0 Å². The lowest BCUT2D eigenvalue weighted by molar-refractivity contribution is 0.541. The molecule has 1 aliphatic rings. The van der Waals surface area contributed by atoms with E-state index in [1.807, 2.05) is 11.8 Å². The predicted molar refractivity (Wildman–Crippen MR) is 57.3 cm³/mol. The third-order valence-electron chi connectivity index (χ3n) is 2.25.